The summed E-state index contributed by atoms with van der Waals surface area (Å²) in [5.74, 6) is 1.46. The molecule has 1 aromatic heterocycles. The first-order valence-corrected chi connectivity index (χ1v) is 7.49. The van der Waals surface area contributed by atoms with E-state index in [2.05, 4.69) is 10.3 Å². The van der Waals surface area contributed by atoms with Gasteiger partial charge in [-0.3, -0.25) is 4.98 Å². The normalized spacial score (nSPS) is 15.8. The van der Waals surface area contributed by atoms with Gasteiger partial charge in [0, 0.05) is 26.0 Å². The Morgan fingerprint density at radius 3 is 2.91 bits per heavy atom. The van der Waals surface area contributed by atoms with E-state index in [0.29, 0.717) is 25.4 Å². The van der Waals surface area contributed by atoms with E-state index in [1.807, 2.05) is 36.4 Å². The highest BCUT2D eigenvalue weighted by atomic mass is 16.6. The van der Waals surface area contributed by atoms with Crippen LogP contribution >= 0.6 is 0 Å². The van der Waals surface area contributed by atoms with E-state index in [1.165, 1.54) is 0 Å². The van der Waals surface area contributed by atoms with Crippen molar-refractivity contribution >= 4 is 6.03 Å². The first kappa shape index (κ1) is 15.1. The van der Waals surface area contributed by atoms with Gasteiger partial charge in [-0.15, -0.1) is 0 Å². The van der Waals surface area contributed by atoms with Crippen molar-refractivity contribution in [3.8, 4) is 11.5 Å². The van der Waals surface area contributed by atoms with Gasteiger partial charge in [0.05, 0.1) is 6.54 Å². The Labute approximate surface area is 135 Å². The third kappa shape index (κ3) is 3.91. The number of benzene rings is 1. The number of hydrogen-bond acceptors (Lipinski definition) is 4. The summed E-state index contributed by atoms with van der Waals surface area (Å²) in [6.45, 7) is 1.33. The van der Waals surface area contributed by atoms with Crippen LogP contribution in [0.25, 0.3) is 0 Å². The average molecular weight is 313 g/mol. The topological polar surface area (TPSA) is 63.7 Å². The maximum atomic E-state index is 12.1. The lowest BCUT2D eigenvalue weighted by atomic mass is 10.2. The molecule has 2 aromatic rings. The van der Waals surface area contributed by atoms with Gasteiger partial charge in [-0.25, -0.2) is 4.79 Å². The van der Waals surface area contributed by atoms with Crippen LogP contribution in [-0.2, 0) is 6.54 Å². The van der Waals surface area contributed by atoms with Crippen LogP contribution in [0.2, 0.25) is 0 Å². The number of likely N-dealkylation sites (N-methyl/N-ethyl adjacent to an activating group) is 1. The highest BCUT2D eigenvalue weighted by Crippen LogP contribution is 2.30. The molecule has 2 amide bonds. The molecule has 0 fully saturated rings. The van der Waals surface area contributed by atoms with Crippen molar-refractivity contribution in [3.05, 3.63) is 54.4 Å². The number of aromatic nitrogens is 1. The monoisotopic (exact) mass is 313 g/mol. The van der Waals surface area contributed by atoms with Crippen molar-refractivity contribution in [2.24, 2.45) is 0 Å². The maximum Gasteiger partial charge on any atom is 0.317 e. The lowest BCUT2D eigenvalue weighted by Gasteiger charge is -2.29. The molecule has 1 aromatic carbocycles. The SMILES string of the molecule is CN(C[C@@H]1COc2ccccc2O1)C(=O)NCc1cccnc1. The molecular weight excluding hydrogens is 294 g/mol. The molecule has 2 heterocycles. The molecule has 23 heavy (non-hydrogen) atoms. The minimum atomic E-state index is -0.181. The molecule has 1 N–H and O–H groups in total. The van der Waals surface area contributed by atoms with Crippen LogP contribution in [0.4, 0.5) is 4.79 Å². The number of urea groups is 1. The molecule has 0 unspecified atom stereocenters. The quantitative estimate of drug-likeness (QED) is 0.938. The summed E-state index contributed by atoms with van der Waals surface area (Å²) < 4.78 is 11.5. The van der Waals surface area contributed by atoms with Crippen LogP contribution in [0.3, 0.4) is 0 Å². The van der Waals surface area contributed by atoms with Crippen molar-refractivity contribution in [2.45, 2.75) is 12.6 Å². The highest BCUT2D eigenvalue weighted by molar-refractivity contribution is 5.73. The van der Waals surface area contributed by atoms with E-state index in [9.17, 15) is 4.79 Å². The largest absolute Gasteiger partial charge is 0.486 e. The number of fused-ring (bicyclic) bond motifs is 1. The van der Waals surface area contributed by atoms with Crippen molar-refractivity contribution < 1.29 is 14.3 Å². The van der Waals surface area contributed by atoms with Gasteiger partial charge in [-0.2, -0.15) is 0 Å². The molecule has 1 atom stereocenters. The van der Waals surface area contributed by atoms with Crippen molar-refractivity contribution in [3.63, 3.8) is 0 Å². The molecule has 0 saturated heterocycles. The zero-order valence-corrected chi connectivity index (χ0v) is 12.9. The van der Waals surface area contributed by atoms with Gasteiger partial charge >= 0.3 is 6.03 Å². The number of pyridine rings is 1. The lowest BCUT2D eigenvalue weighted by molar-refractivity contribution is 0.0715. The first-order chi connectivity index (χ1) is 11.2. The summed E-state index contributed by atoms with van der Waals surface area (Å²) in [7, 11) is 1.74. The maximum absolute atomic E-state index is 12.1. The second kappa shape index (κ2) is 7.00. The van der Waals surface area contributed by atoms with Crippen LogP contribution in [0.1, 0.15) is 5.56 Å². The standard InChI is InChI=1S/C17H19N3O3/c1-20(17(21)19-10-13-5-4-8-18-9-13)11-14-12-22-15-6-2-3-7-16(15)23-14/h2-9,14H,10-12H2,1H3,(H,19,21)/t14-/m1/s1. The number of rotatable bonds is 4. The van der Waals surface area contributed by atoms with E-state index >= 15 is 0 Å². The summed E-state index contributed by atoms with van der Waals surface area (Å²) >= 11 is 0. The predicted octanol–water partition coefficient (Wildman–Crippen LogP) is 2.06. The zero-order valence-electron chi connectivity index (χ0n) is 12.9. The Morgan fingerprint density at radius 1 is 1.30 bits per heavy atom. The summed E-state index contributed by atoms with van der Waals surface area (Å²) in [5, 5.41) is 2.86. The summed E-state index contributed by atoms with van der Waals surface area (Å²) in [5.41, 5.74) is 0.959. The Balaban J connectivity index is 1.49. The molecule has 0 aliphatic carbocycles. The molecule has 120 valence electrons. The number of nitrogens with one attached hydrogen (secondary N) is 1. The van der Waals surface area contributed by atoms with E-state index < -0.39 is 0 Å². The first-order valence-electron chi connectivity index (χ1n) is 7.49. The fourth-order valence-electron chi connectivity index (χ4n) is 2.36. The van der Waals surface area contributed by atoms with Crippen molar-refractivity contribution in [1.29, 1.82) is 0 Å². The van der Waals surface area contributed by atoms with Crippen molar-refractivity contribution in [2.75, 3.05) is 20.2 Å². The molecule has 3 rings (SSSR count). The summed E-state index contributed by atoms with van der Waals surface area (Å²) in [6.07, 6.45) is 3.25. The molecule has 0 spiro atoms. The minimum Gasteiger partial charge on any atom is -0.486 e. The van der Waals surface area contributed by atoms with Gasteiger partial charge in [0.25, 0.3) is 0 Å². The van der Waals surface area contributed by atoms with E-state index in [-0.39, 0.29) is 12.1 Å². The molecule has 1 aliphatic heterocycles. The number of para-hydroxylation sites is 2. The Bertz CT molecular complexity index is 663. The summed E-state index contributed by atoms with van der Waals surface area (Å²) in [4.78, 5) is 17.8. The van der Waals surface area contributed by atoms with Crippen LogP contribution in [0, 0.1) is 0 Å². The van der Waals surface area contributed by atoms with Crippen LogP contribution in [-0.4, -0.2) is 42.2 Å². The van der Waals surface area contributed by atoms with Gasteiger partial charge in [0.2, 0.25) is 0 Å². The number of carbonyl (C=O) groups is 1. The summed E-state index contributed by atoms with van der Waals surface area (Å²) in [6, 6.07) is 11.1. The number of carbonyl (C=O) groups excluding carboxylic acids is 1. The number of amides is 2. The second-order valence-electron chi connectivity index (χ2n) is 5.40. The third-order valence-corrected chi connectivity index (χ3v) is 3.56. The molecule has 6 nitrogen and oxygen atoms in total. The fourth-order valence-corrected chi connectivity index (χ4v) is 2.36. The van der Waals surface area contributed by atoms with E-state index in [1.54, 1.807) is 24.3 Å². The number of hydrogen-bond donors (Lipinski definition) is 1. The average Bonchev–Trinajstić information content (AvgIpc) is 2.60. The van der Waals surface area contributed by atoms with Crippen LogP contribution in [0.5, 0.6) is 11.5 Å². The molecule has 0 radical (unpaired) electrons. The molecule has 6 heteroatoms. The van der Waals surface area contributed by atoms with E-state index in [0.717, 1.165) is 11.3 Å². The van der Waals surface area contributed by atoms with Gasteiger partial charge in [-0.05, 0) is 23.8 Å². The van der Waals surface area contributed by atoms with Gasteiger partial charge in [0.1, 0.15) is 6.61 Å². The third-order valence-electron chi connectivity index (χ3n) is 3.56. The zero-order chi connectivity index (χ0) is 16.1. The predicted molar refractivity (Wildman–Crippen MR) is 85.5 cm³/mol. The smallest absolute Gasteiger partial charge is 0.317 e. The van der Waals surface area contributed by atoms with Gasteiger partial charge < -0.3 is 19.7 Å². The Kier molecular flexibility index (Phi) is 4.61. The second-order valence-corrected chi connectivity index (χ2v) is 5.40. The Hall–Kier alpha value is -2.76. The van der Waals surface area contributed by atoms with Gasteiger partial charge in [0.15, 0.2) is 17.6 Å². The number of ether oxygens (including phenoxy) is 2. The van der Waals surface area contributed by atoms with E-state index in [4.69, 9.17) is 9.47 Å². The molecular formula is C17H19N3O3. The Morgan fingerprint density at radius 2 is 2.13 bits per heavy atom. The number of nitrogens with zero attached hydrogens (tertiary/aromatic N) is 2. The highest BCUT2D eigenvalue weighted by Gasteiger charge is 2.23. The molecule has 0 saturated carbocycles. The minimum absolute atomic E-state index is 0.156. The fraction of sp³-hybridized carbons (Fsp3) is 0.294. The van der Waals surface area contributed by atoms with Crippen LogP contribution in [0.15, 0.2) is 48.8 Å². The molecule has 0 bridgehead atoms. The van der Waals surface area contributed by atoms with Crippen molar-refractivity contribution in [1.82, 2.24) is 15.2 Å². The van der Waals surface area contributed by atoms with Crippen LogP contribution < -0.4 is 14.8 Å². The van der Waals surface area contributed by atoms with Gasteiger partial charge in [-0.1, -0.05) is 18.2 Å². The lowest BCUT2D eigenvalue weighted by Crippen LogP contribution is -2.45. The molecule has 1 aliphatic rings.